The van der Waals surface area contributed by atoms with E-state index in [1.54, 1.807) is 18.2 Å². The second kappa shape index (κ2) is 11.0. The Hall–Kier alpha value is -4.34. The van der Waals surface area contributed by atoms with Gasteiger partial charge < -0.3 is 24.1 Å². The van der Waals surface area contributed by atoms with Crippen LogP contribution in [0.25, 0.3) is 11.3 Å². The molecule has 2 N–H and O–H groups in total. The van der Waals surface area contributed by atoms with Crippen LogP contribution >= 0.6 is 0 Å². The summed E-state index contributed by atoms with van der Waals surface area (Å²) < 4.78 is 27.6. The topological polar surface area (TPSA) is 142 Å². The number of rotatable bonds is 9. The summed E-state index contributed by atoms with van der Waals surface area (Å²) in [7, 11) is 0. The number of benzene rings is 1. The molecule has 2 aliphatic heterocycles. The third-order valence-electron chi connectivity index (χ3n) is 7.53. The van der Waals surface area contributed by atoms with Crippen molar-refractivity contribution in [1.29, 1.82) is 5.26 Å². The quantitative estimate of drug-likeness (QED) is 0.322. The number of imidazole rings is 2. The predicted octanol–water partition coefficient (Wildman–Crippen LogP) is 3.61. The number of aromatic carboxylic acids is 1. The summed E-state index contributed by atoms with van der Waals surface area (Å²) in [6.07, 6.45) is 2.86. The van der Waals surface area contributed by atoms with E-state index in [4.69, 9.17) is 14.7 Å². The number of pyridine rings is 1. The number of aromatic amines is 1. The van der Waals surface area contributed by atoms with Crippen LogP contribution in [-0.2, 0) is 24.4 Å². The van der Waals surface area contributed by atoms with Crippen molar-refractivity contribution in [1.82, 2.24) is 29.4 Å². The molecule has 3 aromatic heterocycles. The van der Waals surface area contributed by atoms with E-state index in [1.807, 2.05) is 22.8 Å². The number of ether oxygens (including phenoxy) is 2. The molecule has 6 rings (SSSR count). The number of halogens is 1. The van der Waals surface area contributed by atoms with Gasteiger partial charge in [0.2, 0.25) is 11.7 Å². The molecule has 1 atom stereocenters. The summed E-state index contributed by atoms with van der Waals surface area (Å²) in [5, 5.41) is 18.2. The summed E-state index contributed by atoms with van der Waals surface area (Å²) in [5.41, 5.74) is 2.60. The number of carbonyl (C=O) groups is 1. The Morgan fingerprint density at radius 1 is 1.20 bits per heavy atom. The maximum Gasteiger partial charge on any atom is 0.372 e. The lowest BCUT2D eigenvalue weighted by molar-refractivity contribution is -0.0592. The van der Waals surface area contributed by atoms with Gasteiger partial charge in [0.25, 0.3) is 0 Å². The van der Waals surface area contributed by atoms with Gasteiger partial charge in [-0.2, -0.15) is 5.26 Å². The maximum absolute atomic E-state index is 14.2. The van der Waals surface area contributed by atoms with Gasteiger partial charge in [0.15, 0.2) is 11.3 Å². The highest BCUT2D eigenvalue weighted by atomic mass is 19.1. The third kappa shape index (κ3) is 5.38. The molecular formula is C28H28FN7O4. The standard InChI is InChI=1S/C28H28FN7O4/c29-21-12-17(13-30)4-5-19(21)16-40-24-3-1-2-22(31-24)18-6-9-35(10-7-18)15-23-32-25-27(34-26(33-25)28(37)38)36(23)14-20-8-11-39-20/h1-5,12,18,20H,6-11,14-16H2,(H,33,34)(H,37,38)/t20-/m0/s1. The molecular weight excluding hydrogens is 517 g/mol. The zero-order valence-electron chi connectivity index (χ0n) is 21.7. The van der Waals surface area contributed by atoms with Crippen LogP contribution in [0.4, 0.5) is 4.39 Å². The number of nitriles is 1. The minimum Gasteiger partial charge on any atom is -0.475 e. The molecule has 1 aromatic carbocycles. The molecule has 4 aromatic rings. The second-order valence-electron chi connectivity index (χ2n) is 10.1. The van der Waals surface area contributed by atoms with Crippen molar-refractivity contribution in [3.05, 3.63) is 70.7 Å². The highest BCUT2D eigenvalue weighted by Gasteiger charge is 2.27. The normalized spacial score (nSPS) is 17.9. The maximum atomic E-state index is 14.2. The van der Waals surface area contributed by atoms with Gasteiger partial charge in [0.1, 0.15) is 18.2 Å². The number of hydrogen-bond acceptors (Lipinski definition) is 8. The SMILES string of the molecule is N#Cc1ccc(COc2cccc(C3CCN(Cc4nc5[nH]c(C(=O)O)nc5n4C[C@@H]4CCO4)CC3)n2)c(F)c1. The Morgan fingerprint density at radius 3 is 2.73 bits per heavy atom. The van der Waals surface area contributed by atoms with Crippen molar-refractivity contribution in [2.75, 3.05) is 19.7 Å². The van der Waals surface area contributed by atoms with Crippen LogP contribution in [0.2, 0.25) is 0 Å². The average molecular weight is 546 g/mol. The number of nitrogens with zero attached hydrogens (tertiary/aromatic N) is 6. The lowest BCUT2D eigenvalue weighted by atomic mass is 9.93. The van der Waals surface area contributed by atoms with Crippen LogP contribution in [0.1, 0.15) is 58.4 Å². The molecule has 40 heavy (non-hydrogen) atoms. The minimum absolute atomic E-state index is 0.0296. The van der Waals surface area contributed by atoms with Crippen LogP contribution in [0.3, 0.4) is 0 Å². The predicted molar refractivity (Wildman–Crippen MR) is 140 cm³/mol. The van der Waals surface area contributed by atoms with Crippen LogP contribution in [0, 0.1) is 17.1 Å². The van der Waals surface area contributed by atoms with Gasteiger partial charge in [-0.25, -0.2) is 24.1 Å². The first kappa shape index (κ1) is 25.9. The number of piperidine rings is 1. The Bertz CT molecular complexity index is 1580. The van der Waals surface area contributed by atoms with Gasteiger partial charge >= 0.3 is 5.97 Å². The number of carboxylic acid groups (broad SMARTS) is 1. The van der Waals surface area contributed by atoms with E-state index < -0.39 is 11.8 Å². The highest BCUT2D eigenvalue weighted by Crippen LogP contribution is 2.29. The molecule has 0 unspecified atom stereocenters. The Labute approximate surface area is 229 Å². The van der Waals surface area contributed by atoms with Gasteiger partial charge in [-0.05, 0) is 50.6 Å². The van der Waals surface area contributed by atoms with Gasteiger partial charge in [-0.3, -0.25) is 4.90 Å². The van der Waals surface area contributed by atoms with Crippen molar-refractivity contribution in [3.8, 4) is 11.9 Å². The number of nitrogens with one attached hydrogen (secondary N) is 1. The molecule has 2 saturated heterocycles. The third-order valence-corrected chi connectivity index (χ3v) is 7.53. The lowest BCUT2D eigenvalue weighted by Crippen LogP contribution is -2.35. The molecule has 0 amide bonds. The van der Waals surface area contributed by atoms with Gasteiger partial charge in [-0.1, -0.05) is 12.1 Å². The van der Waals surface area contributed by atoms with Crippen LogP contribution < -0.4 is 4.74 Å². The second-order valence-corrected chi connectivity index (χ2v) is 10.1. The van der Waals surface area contributed by atoms with E-state index in [2.05, 4.69) is 24.8 Å². The minimum atomic E-state index is -1.11. The summed E-state index contributed by atoms with van der Waals surface area (Å²) in [6.45, 7) is 3.68. The smallest absolute Gasteiger partial charge is 0.372 e. The van der Waals surface area contributed by atoms with Crippen molar-refractivity contribution >= 4 is 17.3 Å². The Kier molecular flexibility index (Phi) is 7.15. The molecule has 5 heterocycles. The van der Waals surface area contributed by atoms with Crippen molar-refractivity contribution < 1.29 is 23.8 Å². The van der Waals surface area contributed by atoms with Crippen LogP contribution in [0.15, 0.2) is 36.4 Å². The first-order valence-electron chi connectivity index (χ1n) is 13.3. The van der Waals surface area contributed by atoms with Crippen molar-refractivity contribution in [2.24, 2.45) is 0 Å². The fraction of sp³-hybridized carbons (Fsp3) is 0.393. The highest BCUT2D eigenvalue weighted by molar-refractivity contribution is 5.87. The molecule has 0 radical (unpaired) electrons. The number of likely N-dealkylation sites (tertiary alicyclic amines) is 1. The summed E-state index contributed by atoms with van der Waals surface area (Å²) in [5.74, 6) is -0.163. The number of carboxylic acids is 1. The van der Waals surface area contributed by atoms with E-state index in [0.717, 1.165) is 50.5 Å². The zero-order chi connectivity index (χ0) is 27.6. The molecule has 0 saturated carbocycles. The van der Waals surface area contributed by atoms with Crippen molar-refractivity contribution in [2.45, 2.75) is 51.0 Å². The summed E-state index contributed by atoms with van der Waals surface area (Å²) in [4.78, 5) is 30.2. The van der Waals surface area contributed by atoms with E-state index >= 15 is 0 Å². The molecule has 2 fully saturated rings. The largest absolute Gasteiger partial charge is 0.475 e. The first-order valence-corrected chi connectivity index (χ1v) is 13.3. The summed E-state index contributed by atoms with van der Waals surface area (Å²) in [6, 6.07) is 11.9. The number of aromatic nitrogens is 5. The van der Waals surface area contributed by atoms with E-state index in [0.29, 0.717) is 35.8 Å². The van der Waals surface area contributed by atoms with Crippen LogP contribution in [-0.4, -0.2) is 66.3 Å². The average Bonchev–Trinajstić information content (AvgIpc) is 3.49. The molecule has 11 nitrogen and oxygen atoms in total. The van der Waals surface area contributed by atoms with Gasteiger partial charge in [0.05, 0.1) is 30.8 Å². The number of fused-ring (bicyclic) bond motifs is 1. The zero-order valence-corrected chi connectivity index (χ0v) is 21.7. The van der Waals surface area contributed by atoms with Crippen molar-refractivity contribution in [3.63, 3.8) is 0 Å². The van der Waals surface area contributed by atoms with Gasteiger partial charge in [-0.15, -0.1) is 0 Å². The van der Waals surface area contributed by atoms with E-state index in [-0.39, 0.29) is 30.0 Å². The van der Waals surface area contributed by atoms with Crippen LogP contribution in [0.5, 0.6) is 5.88 Å². The molecule has 0 aliphatic carbocycles. The van der Waals surface area contributed by atoms with Gasteiger partial charge in [0, 0.05) is 29.8 Å². The van der Waals surface area contributed by atoms with E-state index in [9.17, 15) is 14.3 Å². The molecule has 12 heteroatoms. The fourth-order valence-corrected chi connectivity index (χ4v) is 5.19. The molecule has 0 spiro atoms. The number of H-pyrrole nitrogens is 1. The Balaban J connectivity index is 1.08. The molecule has 206 valence electrons. The fourth-order valence-electron chi connectivity index (χ4n) is 5.19. The lowest BCUT2D eigenvalue weighted by Gasteiger charge is -2.32. The Morgan fingerprint density at radius 2 is 2.02 bits per heavy atom. The first-order chi connectivity index (χ1) is 19.5. The van der Waals surface area contributed by atoms with E-state index in [1.165, 1.54) is 6.07 Å². The summed E-state index contributed by atoms with van der Waals surface area (Å²) >= 11 is 0. The molecule has 2 aliphatic rings. The monoisotopic (exact) mass is 545 g/mol. The molecule has 0 bridgehead atoms. The number of hydrogen-bond donors (Lipinski definition) is 2.